The highest BCUT2D eigenvalue weighted by molar-refractivity contribution is 5.99. The minimum Gasteiger partial charge on any atom is -0.349 e. The normalized spacial score (nSPS) is 15.1. The predicted octanol–water partition coefficient (Wildman–Crippen LogP) is 3.81. The summed E-state index contributed by atoms with van der Waals surface area (Å²) in [7, 11) is 4.09. The van der Waals surface area contributed by atoms with Gasteiger partial charge in [0.15, 0.2) is 5.69 Å². The van der Waals surface area contributed by atoms with E-state index in [2.05, 4.69) is 45.8 Å². The van der Waals surface area contributed by atoms with Gasteiger partial charge in [-0.15, -0.1) is 0 Å². The summed E-state index contributed by atoms with van der Waals surface area (Å²) in [4.78, 5) is 19.8. The summed E-state index contributed by atoms with van der Waals surface area (Å²) in [6.07, 6.45) is 5.35. The third-order valence-electron chi connectivity index (χ3n) is 5.59. The van der Waals surface area contributed by atoms with Gasteiger partial charge in [0.05, 0.1) is 11.6 Å². The molecule has 28 heavy (non-hydrogen) atoms. The Bertz CT molecular complexity index is 970. The van der Waals surface area contributed by atoms with Crippen molar-refractivity contribution in [3.8, 4) is 0 Å². The molecule has 1 aromatic carbocycles. The summed E-state index contributed by atoms with van der Waals surface area (Å²) in [5, 5.41) is 3.12. The average Bonchev–Trinajstić information content (AvgIpc) is 3.48. The molecule has 1 N–H and O–H groups in total. The van der Waals surface area contributed by atoms with Crippen molar-refractivity contribution < 1.29 is 4.79 Å². The lowest BCUT2D eigenvalue weighted by atomic mass is 10.0. The quantitative estimate of drug-likeness (QED) is 0.682. The van der Waals surface area contributed by atoms with Crippen LogP contribution in [0, 0.1) is 0 Å². The lowest BCUT2D eigenvalue weighted by Gasteiger charge is -2.25. The number of hydrogen-bond donors (Lipinski definition) is 1. The molecular weight excluding hydrogens is 348 g/mol. The van der Waals surface area contributed by atoms with Crippen LogP contribution in [0.5, 0.6) is 0 Å². The van der Waals surface area contributed by atoms with Gasteiger partial charge in [-0.05, 0) is 56.6 Å². The van der Waals surface area contributed by atoms with Crippen molar-refractivity contribution in [3.05, 3.63) is 71.3 Å². The third-order valence-corrected chi connectivity index (χ3v) is 5.59. The summed E-state index contributed by atoms with van der Waals surface area (Å²) in [6.45, 7) is 2.70. The monoisotopic (exact) mass is 376 g/mol. The SMILES string of the molecule is CCc1ccc(C(CNC(=O)c2nc(C3CC3)n3ccccc23)N(C)C)cc1. The smallest absolute Gasteiger partial charge is 0.272 e. The molecule has 1 fully saturated rings. The molecule has 1 atom stereocenters. The van der Waals surface area contributed by atoms with Gasteiger partial charge in [0, 0.05) is 18.7 Å². The van der Waals surface area contributed by atoms with Crippen molar-refractivity contribution in [1.29, 1.82) is 0 Å². The number of hydrogen-bond acceptors (Lipinski definition) is 3. The van der Waals surface area contributed by atoms with E-state index < -0.39 is 0 Å². The van der Waals surface area contributed by atoms with E-state index >= 15 is 0 Å². The third kappa shape index (κ3) is 3.67. The highest BCUT2D eigenvalue weighted by Crippen LogP contribution is 2.40. The first-order valence-corrected chi connectivity index (χ1v) is 10.1. The molecule has 1 unspecified atom stereocenters. The lowest BCUT2D eigenvalue weighted by molar-refractivity contribution is 0.0939. The molecule has 1 saturated carbocycles. The molecule has 0 aliphatic heterocycles. The van der Waals surface area contributed by atoms with Gasteiger partial charge in [0.25, 0.3) is 5.91 Å². The molecular formula is C23H28N4O. The van der Waals surface area contributed by atoms with Crippen molar-refractivity contribution in [2.75, 3.05) is 20.6 Å². The fraction of sp³-hybridized carbons (Fsp3) is 0.391. The second-order valence-electron chi connectivity index (χ2n) is 7.83. The number of imidazole rings is 1. The van der Waals surface area contributed by atoms with Crippen LogP contribution < -0.4 is 5.32 Å². The Morgan fingerprint density at radius 3 is 2.61 bits per heavy atom. The Morgan fingerprint density at radius 2 is 1.96 bits per heavy atom. The molecule has 0 radical (unpaired) electrons. The zero-order valence-corrected chi connectivity index (χ0v) is 16.9. The van der Waals surface area contributed by atoms with Crippen molar-refractivity contribution in [2.24, 2.45) is 0 Å². The van der Waals surface area contributed by atoms with E-state index in [0.717, 1.165) is 30.6 Å². The Hall–Kier alpha value is -2.66. The van der Waals surface area contributed by atoms with Crippen LogP contribution in [0.15, 0.2) is 48.7 Å². The van der Waals surface area contributed by atoms with Gasteiger partial charge in [0.1, 0.15) is 5.82 Å². The first kappa shape index (κ1) is 18.7. The molecule has 3 aromatic rings. The fourth-order valence-electron chi connectivity index (χ4n) is 3.71. The van der Waals surface area contributed by atoms with Crippen molar-refractivity contribution in [3.63, 3.8) is 0 Å². The van der Waals surface area contributed by atoms with Gasteiger partial charge in [0.2, 0.25) is 0 Å². The average molecular weight is 377 g/mol. The Balaban J connectivity index is 1.53. The second-order valence-corrected chi connectivity index (χ2v) is 7.83. The van der Waals surface area contributed by atoms with E-state index in [1.54, 1.807) is 0 Å². The number of benzene rings is 1. The van der Waals surface area contributed by atoms with E-state index in [0.29, 0.717) is 18.2 Å². The van der Waals surface area contributed by atoms with Gasteiger partial charge in [-0.1, -0.05) is 37.3 Å². The maximum absolute atomic E-state index is 13.0. The number of amides is 1. The van der Waals surface area contributed by atoms with Crippen molar-refractivity contribution in [2.45, 2.75) is 38.1 Å². The number of pyridine rings is 1. The van der Waals surface area contributed by atoms with Crippen molar-refractivity contribution in [1.82, 2.24) is 19.6 Å². The number of fused-ring (bicyclic) bond motifs is 1. The topological polar surface area (TPSA) is 49.6 Å². The minimum atomic E-state index is -0.104. The van der Waals surface area contributed by atoms with E-state index in [1.807, 2.05) is 38.5 Å². The van der Waals surface area contributed by atoms with Gasteiger partial charge in [-0.2, -0.15) is 0 Å². The molecule has 0 bridgehead atoms. The predicted molar refractivity (Wildman–Crippen MR) is 112 cm³/mol. The van der Waals surface area contributed by atoms with Crippen LogP contribution in [0.2, 0.25) is 0 Å². The molecule has 5 heteroatoms. The van der Waals surface area contributed by atoms with Crippen LogP contribution in [-0.2, 0) is 6.42 Å². The summed E-state index contributed by atoms with van der Waals surface area (Å²) >= 11 is 0. The van der Waals surface area contributed by atoms with Crippen LogP contribution in [0.1, 0.15) is 59.2 Å². The van der Waals surface area contributed by atoms with Crippen LogP contribution in [0.25, 0.3) is 5.52 Å². The van der Waals surface area contributed by atoms with Gasteiger partial charge < -0.3 is 14.6 Å². The molecule has 1 aliphatic carbocycles. The Labute approximate surface area is 166 Å². The van der Waals surface area contributed by atoms with E-state index in [1.165, 1.54) is 11.1 Å². The first-order chi connectivity index (χ1) is 13.6. The lowest BCUT2D eigenvalue weighted by Crippen LogP contribution is -2.34. The number of aromatic nitrogens is 2. The number of likely N-dealkylation sites (N-methyl/N-ethyl adjacent to an activating group) is 1. The number of carbonyl (C=O) groups is 1. The van der Waals surface area contributed by atoms with Gasteiger partial charge in [-0.25, -0.2) is 4.98 Å². The molecule has 4 rings (SSSR count). The molecule has 1 amide bonds. The zero-order valence-electron chi connectivity index (χ0n) is 16.9. The number of carbonyl (C=O) groups excluding carboxylic acids is 1. The maximum Gasteiger partial charge on any atom is 0.272 e. The highest BCUT2D eigenvalue weighted by Gasteiger charge is 2.30. The largest absolute Gasteiger partial charge is 0.349 e. The summed E-state index contributed by atoms with van der Waals surface area (Å²) in [5.41, 5.74) is 3.94. The first-order valence-electron chi connectivity index (χ1n) is 10.1. The van der Waals surface area contributed by atoms with Crippen LogP contribution >= 0.6 is 0 Å². The molecule has 0 spiro atoms. The highest BCUT2D eigenvalue weighted by atomic mass is 16.1. The molecule has 5 nitrogen and oxygen atoms in total. The number of aryl methyl sites for hydroxylation is 1. The van der Waals surface area contributed by atoms with Crippen molar-refractivity contribution >= 4 is 11.4 Å². The maximum atomic E-state index is 13.0. The molecule has 146 valence electrons. The molecule has 2 aromatic heterocycles. The number of rotatable bonds is 7. The molecule has 2 heterocycles. The number of nitrogens with one attached hydrogen (secondary N) is 1. The fourth-order valence-corrected chi connectivity index (χ4v) is 3.71. The number of nitrogens with zero attached hydrogens (tertiary/aromatic N) is 3. The molecule has 0 saturated heterocycles. The van der Waals surface area contributed by atoms with Gasteiger partial charge >= 0.3 is 0 Å². The second kappa shape index (κ2) is 7.76. The molecule has 1 aliphatic rings. The van der Waals surface area contributed by atoms with Crippen LogP contribution in [0.3, 0.4) is 0 Å². The summed E-state index contributed by atoms with van der Waals surface area (Å²) in [6, 6.07) is 14.7. The van der Waals surface area contributed by atoms with E-state index in [4.69, 9.17) is 4.98 Å². The Morgan fingerprint density at radius 1 is 1.21 bits per heavy atom. The standard InChI is InChI=1S/C23H28N4O/c1-4-16-8-10-17(11-9-16)20(26(2)3)15-24-23(28)21-19-7-5-6-14-27(19)22(25-21)18-12-13-18/h5-11,14,18,20H,4,12-13,15H2,1-3H3,(H,24,28). The van der Waals surface area contributed by atoms with E-state index in [-0.39, 0.29) is 11.9 Å². The van der Waals surface area contributed by atoms with Gasteiger partial charge in [-0.3, -0.25) is 4.79 Å². The summed E-state index contributed by atoms with van der Waals surface area (Å²) in [5.74, 6) is 1.40. The van der Waals surface area contributed by atoms with Crippen LogP contribution in [0.4, 0.5) is 0 Å². The van der Waals surface area contributed by atoms with Crippen LogP contribution in [-0.4, -0.2) is 40.8 Å². The summed E-state index contributed by atoms with van der Waals surface area (Å²) < 4.78 is 2.07. The van der Waals surface area contributed by atoms with E-state index in [9.17, 15) is 4.79 Å². The minimum absolute atomic E-state index is 0.104. The zero-order chi connectivity index (χ0) is 19.7. The Kier molecular flexibility index (Phi) is 5.18.